The Morgan fingerprint density at radius 2 is 2.04 bits per heavy atom. The van der Waals surface area contributed by atoms with E-state index in [-0.39, 0.29) is 18.4 Å². The van der Waals surface area contributed by atoms with Gasteiger partial charge in [-0.15, -0.1) is 0 Å². The number of benzene rings is 1. The van der Waals surface area contributed by atoms with Crippen LogP contribution in [0.15, 0.2) is 30.3 Å². The van der Waals surface area contributed by atoms with Crippen molar-refractivity contribution in [1.82, 2.24) is 13.9 Å². The summed E-state index contributed by atoms with van der Waals surface area (Å²) in [6, 6.07) is 9.84. The Hall–Kier alpha value is -1.48. The number of ether oxygens (including phenoxy) is 1. The van der Waals surface area contributed by atoms with Crippen LogP contribution >= 0.6 is 0 Å². The molecule has 1 aliphatic heterocycles. The van der Waals surface area contributed by atoms with Crippen LogP contribution in [0, 0.1) is 5.92 Å². The molecule has 0 radical (unpaired) electrons. The van der Waals surface area contributed by atoms with Gasteiger partial charge in [0.1, 0.15) is 0 Å². The fourth-order valence-corrected chi connectivity index (χ4v) is 3.94. The number of amides is 1. The first-order valence-electron chi connectivity index (χ1n) is 8.48. The van der Waals surface area contributed by atoms with Crippen molar-refractivity contribution < 1.29 is 17.9 Å². The topological polar surface area (TPSA) is 79.0 Å². The van der Waals surface area contributed by atoms with Gasteiger partial charge in [-0.3, -0.25) is 4.79 Å². The maximum atomic E-state index is 12.3. The highest BCUT2D eigenvalue weighted by atomic mass is 32.2. The quantitative estimate of drug-likeness (QED) is 0.689. The highest BCUT2D eigenvalue weighted by molar-refractivity contribution is 7.86. The van der Waals surface area contributed by atoms with Gasteiger partial charge in [0.2, 0.25) is 5.91 Å². The first-order chi connectivity index (χ1) is 11.9. The Kier molecular flexibility index (Phi) is 7.37. The molecule has 1 N–H and O–H groups in total. The zero-order chi connectivity index (χ0) is 18.3. The van der Waals surface area contributed by atoms with Crippen molar-refractivity contribution in [2.75, 3.05) is 40.3 Å². The Morgan fingerprint density at radius 3 is 2.72 bits per heavy atom. The monoisotopic (exact) mass is 369 g/mol. The number of hydrogen-bond acceptors (Lipinski definition) is 4. The number of piperidine rings is 1. The third kappa shape index (κ3) is 5.78. The molecular formula is C17H27N3O4S. The number of hydrogen-bond donors (Lipinski definition) is 1. The minimum atomic E-state index is -3.46. The van der Waals surface area contributed by atoms with Gasteiger partial charge in [0.05, 0.1) is 19.1 Å². The van der Waals surface area contributed by atoms with E-state index in [1.807, 2.05) is 30.3 Å². The van der Waals surface area contributed by atoms with Crippen LogP contribution in [-0.4, -0.2) is 63.3 Å². The second-order valence-electron chi connectivity index (χ2n) is 6.32. The van der Waals surface area contributed by atoms with Crippen LogP contribution in [0.1, 0.15) is 18.4 Å². The first kappa shape index (κ1) is 19.8. The molecule has 140 valence electrons. The Labute approximate surface area is 150 Å². The second-order valence-corrected chi connectivity index (χ2v) is 8.46. The van der Waals surface area contributed by atoms with Gasteiger partial charge in [-0.25, -0.2) is 0 Å². The van der Waals surface area contributed by atoms with Crippen molar-refractivity contribution in [3.05, 3.63) is 35.9 Å². The average molecular weight is 369 g/mol. The van der Waals surface area contributed by atoms with Crippen molar-refractivity contribution in [2.45, 2.75) is 19.4 Å². The fraction of sp³-hybridized carbons (Fsp3) is 0.588. The molecule has 1 fully saturated rings. The van der Waals surface area contributed by atoms with E-state index in [4.69, 9.17) is 4.74 Å². The van der Waals surface area contributed by atoms with E-state index in [9.17, 15) is 13.2 Å². The van der Waals surface area contributed by atoms with Crippen LogP contribution < -0.4 is 5.32 Å². The summed E-state index contributed by atoms with van der Waals surface area (Å²) >= 11 is 0. The lowest BCUT2D eigenvalue weighted by Crippen LogP contribution is -2.49. The minimum Gasteiger partial charge on any atom is -0.375 e. The zero-order valence-electron chi connectivity index (χ0n) is 14.8. The summed E-state index contributed by atoms with van der Waals surface area (Å²) in [5.41, 5.74) is 1.09. The number of nitrogens with one attached hydrogen (secondary N) is 1. The van der Waals surface area contributed by atoms with Crippen LogP contribution in [-0.2, 0) is 26.3 Å². The van der Waals surface area contributed by atoms with Gasteiger partial charge in [0.25, 0.3) is 10.2 Å². The molecule has 1 saturated heterocycles. The maximum absolute atomic E-state index is 12.3. The predicted octanol–water partition coefficient (Wildman–Crippen LogP) is 0.838. The third-order valence-electron chi connectivity index (χ3n) is 4.20. The van der Waals surface area contributed by atoms with Gasteiger partial charge >= 0.3 is 0 Å². The molecule has 1 atom stereocenters. The van der Waals surface area contributed by atoms with E-state index in [2.05, 4.69) is 5.32 Å². The molecule has 0 bridgehead atoms. The molecule has 1 aliphatic rings. The zero-order valence-corrected chi connectivity index (χ0v) is 15.7. The van der Waals surface area contributed by atoms with E-state index in [1.165, 1.54) is 22.7 Å². The molecule has 0 saturated carbocycles. The van der Waals surface area contributed by atoms with Gasteiger partial charge < -0.3 is 10.1 Å². The van der Waals surface area contributed by atoms with Crippen molar-refractivity contribution in [2.24, 2.45) is 5.92 Å². The first-order valence-corrected chi connectivity index (χ1v) is 9.88. The molecule has 25 heavy (non-hydrogen) atoms. The largest absolute Gasteiger partial charge is 0.375 e. The lowest BCUT2D eigenvalue weighted by Gasteiger charge is -2.32. The van der Waals surface area contributed by atoms with Crippen LogP contribution in [0.25, 0.3) is 0 Å². The van der Waals surface area contributed by atoms with Crippen molar-refractivity contribution in [3.63, 3.8) is 0 Å². The van der Waals surface area contributed by atoms with Gasteiger partial charge in [-0.2, -0.15) is 17.0 Å². The average Bonchev–Trinajstić information content (AvgIpc) is 2.62. The summed E-state index contributed by atoms with van der Waals surface area (Å²) in [5, 5.41) is 2.84. The summed E-state index contributed by atoms with van der Waals surface area (Å²) in [6.07, 6.45) is 1.39. The van der Waals surface area contributed by atoms with E-state index in [0.29, 0.717) is 39.1 Å². The van der Waals surface area contributed by atoms with Crippen molar-refractivity contribution >= 4 is 16.1 Å². The Bertz CT molecular complexity index is 649. The molecule has 2 rings (SSSR count). The summed E-state index contributed by atoms with van der Waals surface area (Å²) in [4.78, 5) is 12.3. The normalized spacial score (nSPS) is 19.1. The van der Waals surface area contributed by atoms with Crippen LogP contribution in [0.5, 0.6) is 0 Å². The molecule has 0 spiro atoms. The van der Waals surface area contributed by atoms with E-state index in [1.54, 1.807) is 0 Å². The molecular weight excluding hydrogens is 342 g/mol. The van der Waals surface area contributed by atoms with Crippen LogP contribution in [0.4, 0.5) is 0 Å². The highest BCUT2D eigenvalue weighted by Crippen LogP contribution is 2.20. The van der Waals surface area contributed by atoms with Gasteiger partial charge in [-0.1, -0.05) is 30.3 Å². The minimum absolute atomic E-state index is 0.109. The number of rotatable bonds is 8. The molecule has 0 aliphatic carbocycles. The van der Waals surface area contributed by atoms with Gasteiger partial charge in [-0.05, 0) is 18.4 Å². The summed E-state index contributed by atoms with van der Waals surface area (Å²) < 4.78 is 32.5. The van der Waals surface area contributed by atoms with Crippen molar-refractivity contribution in [1.29, 1.82) is 0 Å². The molecule has 8 heteroatoms. The molecule has 1 aromatic rings. The van der Waals surface area contributed by atoms with Gasteiger partial charge in [0, 0.05) is 33.7 Å². The molecule has 7 nitrogen and oxygen atoms in total. The van der Waals surface area contributed by atoms with E-state index in [0.717, 1.165) is 5.56 Å². The maximum Gasteiger partial charge on any atom is 0.281 e. The summed E-state index contributed by atoms with van der Waals surface area (Å²) in [6.45, 7) is 2.05. The van der Waals surface area contributed by atoms with Crippen LogP contribution in [0.3, 0.4) is 0 Å². The SMILES string of the molecule is CN(C)S(=O)(=O)N1CCC[C@H](C(=O)NCCOCc2ccccc2)C1. The number of nitrogens with zero attached hydrogens (tertiary/aromatic N) is 2. The van der Waals surface area contributed by atoms with Crippen molar-refractivity contribution in [3.8, 4) is 0 Å². The van der Waals surface area contributed by atoms with E-state index >= 15 is 0 Å². The fourth-order valence-electron chi connectivity index (χ4n) is 2.75. The van der Waals surface area contributed by atoms with E-state index < -0.39 is 10.2 Å². The molecule has 1 heterocycles. The molecule has 1 aromatic carbocycles. The van der Waals surface area contributed by atoms with Gasteiger partial charge in [0.15, 0.2) is 0 Å². The standard InChI is InChI=1S/C17H27N3O4S/c1-19(2)25(22,23)20-11-6-9-16(13-20)17(21)18-10-12-24-14-15-7-4-3-5-8-15/h3-5,7-8,16H,6,9-14H2,1-2H3,(H,18,21)/t16-/m0/s1. The number of carbonyl (C=O) groups is 1. The molecule has 0 unspecified atom stereocenters. The summed E-state index contributed by atoms with van der Waals surface area (Å²) in [5.74, 6) is -0.417. The Balaban J connectivity index is 1.71. The lowest BCUT2D eigenvalue weighted by molar-refractivity contribution is -0.126. The molecule has 0 aromatic heterocycles. The second kappa shape index (κ2) is 9.28. The molecule has 1 amide bonds. The Morgan fingerprint density at radius 1 is 1.32 bits per heavy atom. The van der Waals surface area contributed by atoms with Crippen LogP contribution in [0.2, 0.25) is 0 Å². The summed E-state index contributed by atoms with van der Waals surface area (Å²) in [7, 11) is -0.458. The predicted molar refractivity (Wildman–Crippen MR) is 96.0 cm³/mol. The number of carbonyl (C=O) groups excluding carboxylic acids is 1. The smallest absolute Gasteiger partial charge is 0.281 e. The lowest BCUT2D eigenvalue weighted by atomic mass is 9.99. The highest BCUT2D eigenvalue weighted by Gasteiger charge is 2.33. The third-order valence-corrected chi connectivity index (χ3v) is 6.11.